The van der Waals surface area contributed by atoms with E-state index in [1.165, 1.54) is 27.8 Å². The van der Waals surface area contributed by atoms with E-state index in [-0.39, 0.29) is 0 Å². The molecule has 2 aromatic carbocycles. The van der Waals surface area contributed by atoms with Gasteiger partial charge in [-0.1, -0.05) is 60.9 Å². The van der Waals surface area contributed by atoms with E-state index in [4.69, 9.17) is 7.85 Å². The Bertz CT molecular complexity index is 681. The molecule has 23 heavy (non-hydrogen) atoms. The Morgan fingerprint density at radius 3 is 1.91 bits per heavy atom. The largest absolute Gasteiger partial charge is 0.351 e. The van der Waals surface area contributed by atoms with Gasteiger partial charge in [0.25, 0.3) is 0 Å². The fourth-order valence-corrected chi connectivity index (χ4v) is 2.45. The van der Waals surface area contributed by atoms with Crippen LogP contribution in [-0.4, -0.2) is 17.8 Å². The van der Waals surface area contributed by atoms with Crippen molar-refractivity contribution in [2.24, 2.45) is 0 Å². The van der Waals surface area contributed by atoms with Crippen molar-refractivity contribution in [1.29, 1.82) is 0 Å². The van der Waals surface area contributed by atoms with Crippen LogP contribution >= 0.6 is 0 Å². The van der Waals surface area contributed by atoms with Gasteiger partial charge in [-0.05, 0) is 41.7 Å². The number of hydrogen-bond acceptors (Lipinski definition) is 1. The van der Waals surface area contributed by atoms with Gasteiger partial charge in [-0.15, -0.1) is 0 Å². The maximum absolute atomic E-state index is 5.73. The Morgan fingerprint density at radius 2 is 1.57 bits per heavy atom. The zero-order valence-corrected chi connectivity index (χ0v) is 13.7. The summed E-state index contributed by atoms with van der Waals surface area (Å²) >= 11 is 0. The molecule has 0 aliphatic carbocycles. The van der Waals surface area contributed by atoms with Crippen molar-refractivity contribution in [3.05, 3.63) is 95.6 Å². The van der Waals surface area contributed by atoms with Crippen molar-refractivity contribution in [2.45, 2.75) is 20.2 Å². The van der Waals surface area contributed by atoms with Gasteiger partial charge in [0, 0.05) is 12.4 Å². The van der Waals surface area contributed by atoms with E-state index in [9.17, 15) is 0 Å². The van der Waals surface area contributed by atoms with Gasteiger partial charge in [0.1, 0.15) is 0 Å². The van der Waals surface area contributed by atoms with Crippen LogP contribution in [0.15, 0.2) is 73.3 Å². The number of imidazole rings is 1. The maximum Gasteiger partial charge on any atom is 0.0919 e. The predicted molar refractivity (Wildman–Crippen MR) is 98.6 cm³/mol. The van der Waals surface area contributed by atoms with Crippen molar-refractivity contribution < 1.29 is 0 Å². The zero-order chi connectivity index (χ0) is 16.5. The Balaban J connectivity index is 0.000000326. The minimum Gasteiger partial charge on any atom is -0.351 e. The first kappa shape index (κ1) is 16.8. The summed E-state index contributed by atoms with van der Waals surface area (Å²) in [6.07, 6.45) is 7.74. The highest BCUT2D eigenvalue weighted by atomic mass is 14.8. The molecule has 1 heterocycles. The van der Waals surface area contributed by atoms with Gasteiger partial charge in [-0.3, -0.25) is 0 Å². The van der Waals surface area contributed by atoms with Gasteiger partial charge < -0.3 is 4.98 Å². The molecule has 0 spiro atoms. The minimum absolute atomic E-state index is 0.554. The van der Waals surface area contributed by atoms with Crippen molar-refractivity contribution >= 4 is 13.4 Å². The Kier molecular flexibility index (Phi) is 6.43. The molecule has 3 rings (SSSR count). The lowest BCUT2D eigenvalue weighted by Gasteiger charge is -2.13. The first-order chi connectivity index (χ1) is 11.2. The van der Waals surface area contributed by atoms with Crippen LogP contribution < -0.4 is 0 Å². The summed E-state index contributed by atoms with van der Waals surface area (Å²) in [4.78, 5) is 6.42. The number of allylic oxidation sites excluding steroid dienone is 1. The lowest BCUT2D eigenvalue weighted by molar-refractivity contribution is 1.31. The van der Waals surface area contributed by atoms with Crippen LogP contribution in [0.25, 0.3) is 5.57 Å². The van der Waals surface area contributed by atoms with Crippen molar-refractivity contribution in [2.75, 3.05) is 0 Å². The minimum atomic E-state index is 0.554. The van der Waals surface area contributed by atoms with E-state index in [0.29, 0.717) is 6.32 Å². The third kappa shape index (κ3) is 4.72. The van der Waals surface area contributed by atoms with E-state index in [1.54, 1.807) is 18.7 Å². The number of nitrogens with one attached hydrogen (secondary N) is 1. The fraction of sp³-hybridized carbons (Fsp3) is 0.150. The summed E-state index contributed by atoms with van der Waals surface area (Å²) < 4.78 is 0. The molecular weight excluding hydrogens is 279 g/mol. The summed E-state index contributed by atoms with van der Waals surface area (Å²) in [7, 11) is 5.73. The number of nitrogens with zero attached hydrogens (tertiary/aromatic N) is 1. The van der Waals surface area contributed by atoms with Crippen molar-refractivity contribution in [3.8, 4) is 0 Å². The van der Waals surface area contributed by atoms with Crippen LogP contribution in [0.3, 0.4) is 0 Å². The first-order valence-electron chi connectivity index (χ1n) is 7.69. The molecule has 0 amide bonds. The predicted octanol–water partition coefficient (Wildman–Crippen LogP) is 4.73. The summed E-state index contributed by atoms with van der Waals surface area (Å²) in [5.41, 5.74) is 6.31. The number of aromatic nitrogens is 2. The smallest absolute Gasteiger partial charge is 0.0919 e. The third-order valence-electron chi connectivity index (χ3n) is 3.60. The standard InChI is InChI=1S/C17H17B.C3H4N2/c1-13-7-3-5-9-15(13)17(11-12-18)16-10-6-4-8-14(16)2;1-2-5-3-4-1/h3-11H,12H2,1-2H3;1-3H,(H,4,5). The Hall–Kier alpha value is -2.55. The van der Waals surface area contributed by atoms with Crippen LogP contribution in [0.4, 0.5) is 0 Å². The van der Waals surface area contributed by atoms with Gasteiger partial charge in [0.05, 0.1) is 14.2 Å². The van der Waals surface area contributed by atoms with Gasteiger partial charge in [-0.2, -0.15) is 0 Å². The van der Waals surface area contributed by atoms with E-state index < -0.39 is 0 Å². The van der Waals surface area contributed by atoms with E-state index >= 15 is 0 Å². The molecule has 1 N–H and O–H groups in total. The van der Waals surface area contributed by atoms with Crippen LogP contribution in [0.5, 0.6) is 0 Å². The quantitative estimate of drug-likeness (QED) is 0.696. The summed E-state index contributed by atoms with van der Waals surface area (Å²) in [5.74, 6) is 0. The molecule has 3 aromatic rings. The lowest BCUT2D eigenvalue weighted by Crippen LogP contribution is -1.94. The Labute approximate surface area is 139 Å². The second-order valence-electron chi connectivity index (χ2n) is 5.24. The number of H-pyrrole nitrogens is 1. The lowest BCUT2D eigenvalue weighted by atomic mass is 9.89. The third-order valence-corrected chi connectivity index (χ3v) is 3.60. The number of aromatic amines is 1. The van der Waals surface area contributed by atoms with Gasteiger partial charge in [-0.25, -0.2) is 4.98 Å². The SMILES string of the molecule is [B]CC=C(c1ccccc1C)c1ccccc1C.c1c[nH]cn1. The summed E-state index contributed by atoms with van der Waals surface area (Å²) in [6, 6.07) is 16.9. The van der Waals surface area contributed by atoms with Crippen LogP contribution in [-0.2, 0) is 0 Å². The molecule has 2 radical (unpaired) electrons. The average Bonchev–Trinajstić information content (AvgIpc) is 3.14. The second-order valence-corrected chi connectivity index (χ2v) is 5.24. The molecule has 0 unspecified atom stereocenters. The molecule has 3 heteroatoms. The average molecular weight is 300 g/mol. The highest BCUT2D eigenvalue weighted by Gasteiger charge is 2.08. The second kappa shape index (κ2) is 8.79. The number of rotatable bonds is 3. The summed E-state index contributed by atoms with van der Waals surface area (Å²) in [5, 5.41) is 0. The first-order valence-corrected chi connectivity index (χ1v) is 7.69. The number of hydrogen-bond donors (Lipinski definition) is 1. The molecule has 0 bridgehead atoms. The molecule has 1 aromatic heterocycles. The van der Waals surface area contributed by atoms with E-state index in [1.807, 2.05) is 0 Å². The molecule has 0 aliphatic rings. The zero-order valence-electron chi connectivity index (χ0n) is 13.7. The molecule has 0 atom stereocenters. The topological polar surface area (TPSA) is 28.7 Å². The maximum atomic E-state index is 5.73. The summed E-state index contributed by atoms with van der Waals surface area (Å²) in [6.45, 7) is 4.27. The molecule has 114 valence electrons. The van der Waals surface area contributed by atoms with Gasteiger partial charge in [0.15, 0.2) is 0 Å². The van der Waals surface area contributed by atoms with Crippen LogP contribution in [0.2, 0.25) is 6.32 Å². The number of benzene rings is 2. The van der Waals surface area contributed by atoms with Gasteiger partial charge >= 0.3 is 0 Å². The van der Waals surface area contributed by atoms with Crippen molar-refractivity contribution in [3.63, 3.8) is 0 Å². The van der Waals surface area contributed by atoms with E-state index in [2.05, 4.69) is 78.4 Å². The molecule has 0 saturated carbocycles. The highest BCUT2D eigenvalue weighted by Crippen LogP contribution is 2.28. The fourth-order valence-electron chi connectivity index (χ4n) is 2.45. The molecule has 0 aliphatic heterocycles. The van der Waals surface area contributed by atoms with Crippen LogP contribution in [0, 0.1) is 13.8 Å². The molecule has 0 saturated heterocycles. The number of aryl methyl sites for hydroxylation is 2. The molecule has 2 nitrogen and oxygen atoms in total. The molecular formula is C20H21BN2. The van der Waals surface area contributed by atoms with Crippen molar-refractivity contribution in [1.82, 2.24) is 9.97 Å². The van der Waals surface area contributed by atoms with E-state index in [0.717, 1.165) is 0 Å². The molecule has 0 fully saturated rings. The highest BCUT2D eigenvalue weighted by molar-refractivity contribution is 6.10. The monoisotopic (exact) mass is 300 g/mol. The van der Waals surface area contributed by atoms with Crippen LogP contribution in [0.1, 0.15) is 22.3 Å². The Morgan fingerprint density at radius 1 is 1.00 bits per heavy atom. The normalized spacial score (nSPS) is 9.65. The van der Waals surface area contributed by atoms with Gasteiger partial charge in [0.2, 0.25) is 0 Å².